The maximum Gasteiger partial charge on any atom is 0.273 e. The number of anilines is 1. The van der Waals surface area contributed by atoms with Crippen molar-refractivity contribution < 1.29 is 0 Å². The van der Waals surface area contributed by atoms with Crippen molar-refractivity contribution in [2.75, 3.05) is 5.73 Å². The summed E-state index contributed by atoms with van der Waals surface area (Å²) in [5.41, 5.74) is 7.67. The highest BCUT2D eigenvalue weighted by molar-refractivity contribution is 5.64. The fraction of sp³-hybridized carbons (Fsp3) is 0.273. The summed E-state index contributed by atoms with van der Waals surface area (Å²) < 4.78 is 3.31. The molecule has 0 bridgehead atoms. The predicted octanol–water partition coefficient (Wildman–Crippen LogP) is 0.851. The maximum atomic E-state index is 11.6. The molecule has 84 valence electrons. The SMILES string of the molecule is CCn1cc(-c2cnn(C)c2)cc(N)c1=O. The Labute approximate surface area is 93.1 Å². The zero-order chi connectivity index (χ0) is 11.7. The Balaban J connectivity index is 2.58. The smallest absolute Gasteiger partial charge is 0.273 e. The van der Waals surface area contributed by atoms with Crippen LogP contribution in [0.15, 0.2) is 29.5 Å². The van der Waals surface area contributed by atoms with E-state index in [-0.39, 0.29) is 11.2 Å². The molecule has 0 saturated carbocycles. The van der Waals surface area contributed by atoms with Crippen molar-refractivity contribution in [2.45, 2.75) is 13.5 Å². The van der Waals surface area contributed by atoms with Gasteiger partial charge in [0.25, 0.3) is 5.56 Å². The van der Waals surface area contributed by atoms with Gasteiger partial charge in [0.2, 0.25) is 0 Å². The van der Waals surface area contributed by atoms with Crippen LogP contribution in [0.5, 0.6) is 0 Å². The van der Waals surface area contributed by atoms with Crippen LogP contribution in [-0.4, -0.2) is 14.3 Å². The molecule has 0 amide bonds. The molecule has 0 saturated heterocycles. The first-order chi connectivity index (χ1) is 7.61. The minimum absolute atomic E-state index is 0.143. The standard InChI is InChI=1S/C11H14N4O/c1-3-15-7-8(4-10(12)11(15)16)9-5-13-14(2)6-9/h4-7H,3,12H2,1-2H3. The summed E-state index contributed by atoms with van der Waals surface area (Å²) in [5.74, 6) is 0. The van der Waals surface area contributed by atoms with Crippen molar-refractivity contribution in [3.8, 4) is 11.1 Å². The van der Waals surface area contributed by atoms with Gasteiger partial charge in [-0.25, -0.2) is 0 Å². The maximum absolute atomic E-state index is 11.6. The van der Waals surface area contributed by atoms with E-state index in [0.29, 0.717) is 6.54 Å². The van der Waals surface area contributed by atoms with Gasteiger partial charge < -0.3 is 10.3 Å². The van der Waals surface area contributed by atoms with Crippen molar-refractivity contribution in [1.82, 2.24) is 14.3 Å². The summed E-state index contributed by atoms with van der Waals surface area (Å²) >= 11 is 0. The molecule has 0 aliphatic heterocycles. The van der Waals surface area contributed by atoms with Gasteiger partial charge in [-0.05, 0) is 13.0 Å². The first-order valence-electron chi connectivity index (χ1n) is 5.10. The number of aromatic nitrogens is 3. The van der Waals surface area contributed by atoms with Crippen LogP contribution in [0, 0.1) is 0 Å². The Morgan fingerprint density at radius 1 is 1.38 bits per heavy atom. The zero-order valence-corrected chi connectivity index (χ0v) is 9.34. The molecule has 0 radical (unpaired) electrons. The van der Waals surface area contributed by atoms with Gasteiger partial charge >= 0.3 is 0 Å². The molecular formula is C11H14N4O. The summed E-state index contributed by atoms with van der Waals surface area (Å²) in [5, 5.41) is 4.09. The second-order valence-corrected chi connectivity index (χ2v) is 3.68. The fourth-order valence-corrected chi connectivity index (χ4v) is 1.62. The number of nitrogens with zero attached hydrogens (tertiary/aromatic N) is 3. The molecule has 0 aliphatic carbocycles. The molecule has 2 aromatic heterocycles. The molecule has 2 aromatic rings. The summed E-state index contributed by atoms with van der Waals surface area (Å²) in [6.45, 7) is 2.52. The van der Waals surface area contributed by atoms with Crippen molar-refractivity contribution in [3.63, 3.8) is 0 Å². The molecule has 2 rings (SSSR count). The summed E-state index contributed by atoms with van der Waals surface area (Å²) in [6.07, 6.45) is 5.44. The van der Waals surface area contributed by atoms with Gasteiger partial charge in [-0.3, -0.25) is 9.48 Å². The normalized spacial score (nSPS) is 10.6. The van der Waals surface area contributed by atoms with Crippen molar-refractivity contribution >= 4 is 5.69 Å². The molecule has 0 aromatic carbocycles. The van der Waals surface area contributed by atoms with Crippen LogP contribution in [0.2, 0.25) is 0 Å². The first-order valence-corrected chi connectivity index (χ1v) is 5.10. The summed E-state index contributed by atoms with van der Waals surface area (Å²) in [7, 11) is 1.85. The van der Waals surface area contributed by atoms with Crippen LogP contribution >= 0.6 is 0 Å². The largest absolute Gasteiger partial charge is 0.394 e. The van der Waals surface area contributed by atoms with Gasteiger partial charge in [0.05, 0.1) is 11.9 Å². The first kappa shape index (κ1) is 10.5. The van der Waals surface area contributed by atoms with Crippen LogP contribution in [0.1, 0.15) is 6.92 Å². The molecule has 5 nitrogen and oxygen atoms in total. The molecular weight excluding hydrogens is 204 g/mol. The highest BCUT2D eigenvalue weighted by Gasteiger charge is 2.06. The zero-order valence-electron chi connectivity index (χ0n) is 9.34. The minimum atomic E-state index is -0.143. The predicted molar refractivity (Wildman–Crippen MR) is 63.0 cm³/mol. The van der Waals surface area contributed by atoms with E-state index in [2.05, 4.69) is 5.10 Å². The van der Waals surface area contributed by atoms with E-state index in [4.69, 9.17) is 5.73 Å². The molecule has 2 heterocycles. The van der Waals surface area contributed by atoms with Crippen LogP contribution in [-0.2, 0) is 13.6 Å². The van der Waals surface area contributed by atoms with E-state index in [9.17, 15) is 4.79 Å². The third kappa shape index (κ3) is 1.71. The summed E-state index contributed by atoms with van der Waals surface area (Å²) in [6, 6.07) is 1.69. The van der Waals surface area contributed by atoms with Gasteiger partial charge in [-0.15, -0.1) is 0 Å². The van der Waals surface area contributed by atoms with E-state index in [1.165, 1.54) is 0 Å². The Bertz CT molecular complexity index is 568. The average molecular weight is 218 g/mol. The molecule has 0 spiro atoms. The number of aryl methyl sites for hydroxylation is 2. The molecule has 0 unspecified atom stereocenters. The number of rotatable bonds is 2. The second-order valence-electron chi connectivity index (χ2n) is 3.68. The van der Waals surface area contributed by atoms with E-state index in [1.807, 2.05) is 20.2 Å². The third-order valence-corrected chi connectivity index (χ3v) is 2.49. The second kappa shape index (κ2) is 3.84. The van der Waals surface area contributed by atoms with Gasteiger partial charge in [0.15, 0.2) is 0 Å². The lowest BCUT2D eigenvalue weighted by Gasteiger charge is -2.06. The molecule has 0 atom stereocenters. The number of hydrogen-bond acceptors (Lipinski definition) is 3. The van der Waals surface area contributed by atoms with Crippen molar-refractivity contribution in [1.29, 1.82) is 0 Å². The van der Waals surface area contributed by atoms with Crippen molar-refractivity contribution in [3.05, 3.63) is 35.0 Å². The van der Waals surface area contributed by atoms with E-state index in [0.717, 1.165) is 11.1 Å². The fourth-order valence-electron chi connectivity index (χ4n) is 1.62. The van der Waals surface area contributed by atoms with Crippen LogP contribution in [0.4, 0.5) is 5.69 Å². The van der Waals surface area contributed by atoms with Crippen molar-refractivity contribution in [2.24, 2.45) is 7.05 Å². The molecule has 16 heavy (non-hydrogen) atoms. The molecule has 0 aliphatic rings. The van der Waals surface area contributed by atoms with E-state index < -0.39 is 0 Å². The average Bonchev–Trinajstić information content (AvgIpc) is 2.69. The van der Waals surface area contributed by atoms with Crippen LogP contribution in [0.3, 0.4) is 0 Å². The summed E-state index contributed by atoms with van der Waals surface area (Å²) in [4.78, 5) is 11.6. The highest BCUT2D eigenvalue weighted by Crippen LogP contribution is 2.18. The topological polar surface area (TPSA) is 65.8 Å². The molecule has 0 fully saturated rings. The van der Waals surface area contributed by atoms with Gasteiger partial charge in [0, 0.05) is 37.1 Å². The Morgan fingerprint density at radius 3 is 2.69 bits per heavy atom. The molecule has 2 N–H and O–H groups in total. The number of pyridine rings is 1. The van der Waals surface area contributed by atoms with Gasteiger partial charge in [-0.1, -0.05) is 0 Å². The number of nitrogen functional groups attached to an aromatic ring is 1. The van der Waals surface area contributed by atoms with Crippen LogP contribution in [0.25, 0.3) is 11.1 Å². The lowest BCUT2D eigenvalue weighted by molar-refractivity contribution is 0.731. The van der Waals surface area contributed by atoms with Crippen LogP contribution < -0.4 is 11.3 Å². The Hall–Kier alpha value is -2.04. The lowest BCUT2D eigenvalue weighted by atomic mass is 10.1. The number of hydrogen-bond donors (Lipinski definition) is 1. The quantitative estimate of drug-likeness (QED) is 0.812. The Kier molecular flexibility index (Phi) is 2.52. The minimum Gasteiger partial charge on any atom is -0.394 e. The lowest BCUT2D eigenvalue weighted by Crippen LogP contribution is -2.21. The number of nitrogens with two attached hydrogens (primary N) is 1. The molecule has 5 heteroatoms. The Morgan fingerprint density at radius 2 is 2.12 bits per heavy atom. The van der Waals surface area contributed by atoms with E-state index >= 15 is 0 Å². The third-order valence-electron chi connectivity index (χ3n) is 2.49. The van der Waals surface area contributed by atoms with E-state index in [1.54, 1.807) is 27.7 Å². The van der Waals surface area contributed by atoms with Gasteiger partial charge in [-0.2, -0.15) is 5.10 Å². The highest BCUT2D eigenvalue weighted by atomic mass is 16.1. The van der Waals surface area contributed by atoms with Gasteiger partial charge in [0.1, 0.15) is 0 Å². The monoisotopic (exact) mass is 218 g/mol.